The summed E-state index contributed by atoms with van der Waals surface area (Å²) >= 11 is 1.67. The van der Waals surface area contributed by atoms with Crippen molar-refractivity contribution in [3.63, 3.8) is 0 Å². The number of likely N-dealkylation sites (tertiary alicyclic amines) is 1. The van der Waals surface area contributed by atoms with Crippen LogP contribution in [0.15, 0.2) is 0 Å². The molecule has 0 saturated carbocycles. The predicted molar refractivity (Wildman–Crippen MR) is 219 cm³/mol. The second kappa shape index (κ2) is 34.5. The van der Waals surface area contributed by atoms with Gasteiger partial charge in [0.1, 0.15) is 6.04 Å². The molecule has 2 N–H and O–H groups in total. The molecule has 1 rings (SSSR count). The zero-order valence-corrected chi connectivity index (χ0v) is 34.9. The van der Waals surface area contributed by atoms with Crippen molar-refractivity contribution < 1.29 is 19.1 Å². The van der Waals surface area contributed by atoms with Crippen LogP contribution >= 0.6 is 11.8 Å². The van der Waals surface area contributed by atoms with Crippen LogP contribution in [-0.2, 0) is 19.1 Å². The predicted octanol–water partition coefficient (Wildman–Crippen LogP) is 10.8. The van der Waals surface area contributed by atoms with Gasteiger partial charge in [-0.15, -0.1) is 0 Å². The molecule has 2 amide bonds. The van der Waals surface area contributed by atoms with Crippen molar-refractivity contribution in [2.75, 3.05) is 38.2 Å². The number of esters is 1. The minimum absolute atomic E-state index is 0.0285. The highest BCUT2D eigenvalue weighted by atomic mass is 32.2. The molecule has 1 heterocycles. The summed E-state index contributed by atoms with van der Waals surface area (Å²) in [5, 5.41) is 6.49. The van der Waals surface area contributed by atoms with Gasteiger partial charge in [0.25, 0.3) is 0 Å². The third-order valence-corrected chi connectivity index (χ3v) is 11.7. The lowest BCUT2D eigenvalue weighted by molar-refractivity contribution is -0.143. The van der Waals surface area contributed by atoms with E-state index in [0.717, 1.165) is 76.6 Å². The van der Waals surface area contributed by atoms with Crippen molar-refractivity contribution in [1.29, 1.82) is 0 Å². The third-order valence-electron chi connectivity index (χ3n) is 10.6. The summed E-state index contributed by atoms with van der Waals surface area (Å²) in [4.78, 5) is 41.9. The number of piperidine rings is 1. The zero-order valence-electron chi connectivity index (χ0n) is 34.1. The Balaban J connectivity index is 2.45. The first-order chi connectivity index (χ1) is 24.9. The maximum atomic E-state index is 13.7. The molecule has 0 aromatic carbocycles. The van der Waals surface area contributed by atoms with E-state index < -0.39 is 6.04 Å². The van der Waals surface area contributed by atoms with E-state index in [1.807, 2.05) is 0 Å². The first kappa shape index (κ1) is 47.7. The monoisotopic (exact) mass is 738 g/mol. The van der Waals surface area contributed by atoms with Gasteiger partial charge in [0.15, 0.2) is 0 Å². The van der Waals surface area contributed by atoms with Crippen LogP contribution in [-0.4, -0.2) is 73.0 Å². The molecule has 2 unspecified atom stereocenters. The summed E-state index contributed by atoms with van der Waals surface area (Å²) in [5.74, 6) is 1.23. The number of carbonyl (C=O) groups is 3. The van der Waals surface area contributed by atoms with Crippen LogP contribution in [0.5, 0.6) is 0 Å². The summed E-state index contributed by atoms with van der Waals surface area (Å²) in [6.45, 7) is 9.20. The van der Waals surface area contributed by atoms with Gasteiger partial charge in [0, 0.05) is 17.7 Å². The lowest BCUT2D eigenvalue weighted by Gasteiger charge is -2.31. The normalized spacial score (nSPS) is 15.1. The van der Waals surface area contributed by atoms with Crippen molar-refractivity contribution in [3.8, 4) is 0 Å². The summed E-state index contributed by atoms with van der Waals surface area (Å²) in [7, 11) is 2.12. The van der Waals surface area contributed by atoms with E-state index in [1.54, 1.807) is 11.8 Å². The Labute approximate surface area is 320 Å². The zero-order chi connectivity index (χ0) is 37.2. The van der Waals surface area contributed by atoms with Crippen LogP contribution < -0.4 is 10.6 Å². The Morgan fingerprint density at radius 3 is 1.63 bits per heavy atom. The maximum Gasteiger partial charge on any atom is 0.306 e. The standard InChI is InChI=1S/C43H83N3O4S/c1-5-8-11-14-16-17-18-19-20-21-23-26-35-50-41(47)32-37-51-36-31-40(43(49)44-39-29-33-46(4)34-30-39)45-42(48)38(27-24-13-10-7-3)28-25-22-15-12-9-6-2/h38-40H,5-37H2,1-4H3,(H,44,49)(H,45,48). The molecule has 8 heteroatoms. The Kier molecular flexibility index (Phi) is 32.3. The number of thioether (sulfide) groups is 1. The van der Waals surface area contributed by atoms with Gasteiger partial charge in [-0.1, -0.05) is 156 Å². The van der Waals surface area contributed by atoms with Gasteiger partial charge in [-0.05, 0) is 64.4 Å². The van der Waals surface area contributed by atoms with Gasteiger partial charge in [-0.3, -0.25) is 14.4 Å². The molecule has 1 fully saturated rings. The van der Waals surface area contributed by atoms with Gasteiger partial charge < -0.3 is 20.3 Å². The topological polar surface area (TPSA) is 87.7 Å². The van der Waals surface area contributed by atoms with Crippen molar-refractivity contribution >= 4 is 29.5 Å². The number of unbranched alkanes of at least 4 members (excludes halogenated alkanes) is 19. The Morgan fingerprint density at radius 2 is 1.10 bits per heavy atom. The molecule has 1 aliphatic heterocycles. The molecule has 0 aliphatic carbocycles. The highest BCUT2D eigenvalue weighted by Crippen LogP contribution is 2.21. The number of hydrogen-bond acceptors (Lipinski definition) is 6. The number of hydrogen-bond donors (Lipinski definition) is 2. The second-order valence-electron chi connectivity index (χ2n) is 15.5. The number of ether oxygens (including phenoxy) is 1. The molecule has 0 radical (unpaired) electrons. The molecule has 0 aromatic heterocycles. The molecular weight excluding hydrogens is 655 g/mol. The Hall–Kier alpha value is -1.28. The highest BCUT2D eigenvalue weighted by molar-refractivity contribution is 7.99. The van der Waals surface area contributed by atoms with Crippen LogP contribution in [0.2, 0.25) is 0 Å². The maximum absolute atomic E-state index is 13.7. The Bertz CT molecular complexity index is 836. The van der Waals surface area contributed by atoms with Gasteiger partial charge >= 0.3 is 5.97 Å². The van der Waals surface area contributed by atoms with Crippen LogP contribution in [0.1, 0.15) is 201 Å². The summed E-state index contributed by atoms with van der Waals surface area (Å²) in [6, 6.07) is -0.376. The van der Waals surface area contributed by atoms with Gasteiger partial charge in [0.2, 0.25) is 11.8 Å². The van der Waals surface area contributed by atoms with E-state index in [4.69, 9.17) is 4.74 Å². The minimum atomic E-state index is -0.537. The van der Waals surface area contributed by atoms with Crippen molar-refractivity contribution in [2.45, 2.75) is 213 Å². The Morgan fingerprint density at radius 1 is 0.627 bits per heavy atom. The SMILES string of the molecule is CCCCCCCCCCCCCCOC(=O)CCSCCC(NC(=O)C(CCCCCC)CCCCCCCC)C(=O)NC1CCN(C)CC1. The van der Waals surface area contributed by atoms with E-state index in [-0.39, 0.29) is 29.7 Å². The van der Waals surface area contributed by atoms with Crippen molar-refractivity contribution in [2.24, 2.45) is 5.92 Å². The summed E-state index contributed by atoms with van der Waals surface area (Å²) < 4.78 is 5.50. The molecule has 1 saturated heterocycles. The van der Waals surface area contributed by atoms with Crippen molar-refractivity contribution in [3.05, 3.63) is 0 Å². The molecular formula is C43H83N3O4S. The van der Waals surface area contributed by atoms with E-state index in [2.05, 4.69) is 43.4 Å². The minimum Gasteiger partial charge on any atom is -0.466 e. The summed E-state index contributed by atoms with van der Waals surface area (Å²) in [5.41, 5.74) is 0. The van der Waals surface area contributed by atoms with Crippen molar-refractivity contribution in [1.82, 2.24) is 15.5 Å². The second-order valence-corrected chi connectivity index (χ2v) is 16.7. The third kappa shape index (κ3) is 27.9. The van der Waals surface area contributed by atoms with Gasteiger partial charge in [-0.25, -0.2) is 0 Å². The molecule has 300 valence electrons. The van der Waals surface area contributed by atoms with E-state index >= 15 is 0 Å². The molecule has 2 atom stereocenters. The largest absolute Gasteiger partial charge is 0.466 e. The van der Waals surface area contributed by atoms with Crippen LogP contribution in [0.4, 0.5) is 0 Å². The number of amides is 2. The number of carbonyl (C=O) groups excluding carboxylic acids is 3. The smallest absolute Gasteiger partial charge is 0.306 e. The average Bonchev–Trinajstić information content (AvgIpc) is 3.12. The summed E-state index contributed by atoms with van der Waals surface area (Å²) in [6.07, 6.45) is 32.1. The van der Waals surface area contributed by atoms with E-state index in [1.165, 1.54) is 109 Å². The fourth-order valence-electron chi connectivity index (χ4n) is 7.07. The van der Waals surface area contributed by atoms with E-state index in [9.17, 15) is 14.4 Å². The number of nitrogens with zero attached hydrogens (tertiary/aromatic N) is 1. The van der Waals surface area contributed by atoms with Crippen LogP contribution in [0.25, 0.3) is 0 Å². The molecule has 0 spiro atoms. The molecule has 51 heavy (non-hydrogen) atoms. The lowest BCUT2D eigenvalue weighted by Crippen LogP contribution is -2.53. The van der Waals surface area contributed by atoms with Crippen LogP contribution in [0, 0.1) is 5.92 Å². The van der Waals surface area contributed by atoms with Crippen LogP contribution in [0.3, 0.4) is 0 Å². The highest BCUT2D eigenvalue weighted by Gasteiger charge is 2.27. The molecule has 0 aromatic rings. The van der Waals surface area contributed by atoms with Gasteiger partial charge in [0.05, 0.1) is 13.0 Å². The quantitative estimate of drug-likeness (QED) is 0.0497. The first-order valence-electron chi connectivity index (χ1n) is 21.9. The van der Waals surface area contributed by atoms with Gasteiger partial charge in [-0.2, -0.15) is 11.8 Å². The number of rotatable bonds is 35. The fraction of sp³-hybridized carbons (Fsp3) is 0.930. The van der Waals surface area contributed by atoms with E-state index in [0.29, 0.717) is 25.2 Å². The first-order valence-corrected chi connectivity index (χ1v) is 23.1. The molecule has 0 bridgehead atoms. The molecule has 7 nitrogen and oxygen atoms in total. The molecule has 1 aliphatic rings. The number of nitrogens with one attached hydrogen (secondary N) is 2. The fourth-order valence-corrected chi connectivity index (χ4v) is 7.99. The average molecular weight is 738 g/mol. The lowest BCUT2D eigenvalue weighted by atomic mass is 9.93.